The van der Waals surface area contributed by atoms with E-state index in [1.54, 1.807) is 0 Å². The van der Waals surface area contributed by atoms with Gasteiger partial charge in [-0.15, -0.1) is 12.4 Å². The first kappa shape index (κ1) is 16.4. The van der Waals surface area contributed by atoms with Gasteiger partial charge in [-0.05, 0) is 37.1 Å². The van der Waals surface area contributed by atoms with Gasteiger partial charge in [0, 0.05) is 23.3 Å². The first-order valence-electron chi connectivity index (χ1n) is 6.12. The minimum atomic E-state index is -0.0321. The second kappa shape index (κ2) is 8.53. The number of hydrogen-bond donors (Lipinski definition) is 2. The summed E-state index contributed by atoms with van der Waals surface area (Å²) in [5.41, 5.74) is 0.808. The fraction of sp³-hybridized carbons (Fsp3) is 0.462. The summed E-state index contributed by atoms with van der Waals surface area (Å²) in [7, 11) is 0. The van der Waals surface area contributed by atoms with Crippen molar-refractivity contribution in [3.63, 3.8) is 0 Å². The van der Waals surface area contributed by atoms with E-state index < -0.39 is 0 Å². The van der Waals surface area contributed by atoms with Crippen molar-refractivity contribution in [2.24, 2.45) is 0 Å². The Bertz CT molecular complexity index is 394. The number of anilines is 1. The monoisotopic (exact) mass is 348 g/mol. The third-order valence-corrected chi connectivity index (χ3v) is 3.34. The highest BCUT2D eigenvalue weighted by molar-refractivity contribution is 9.10. The van der Waals surface area contributed by atoms with Crippen molar-refractivity contribution in [3.8, 4) is 0 Å². The molecule has 0 radical (unpaired) electrons. The molecular formula is C13H18BrClN2O2. The predicted octanol–water partition coefficient (Wildman–Crippen LogP) is 2.58. The molecule has 6 heteroatoms. The molecule has 0 bridgehead atoms. The van der Waals surface area contributed by atoms with Crippen molar-refractivity contribution in [1.82, 2.24) is 5.32 Å². The molecule has 0 aromatic heterocycles. The van der Waals surface area contributed by atoms with Crippen LogP contribution in [0.4, 0.5) is 5.69 Å². The van der Waals surface area contributed by atoms with Crippen LogP contribution in [0, 0.1) is 0 Å². The number of ether oxygens (including phenoxy) is 1. The van der Waals surface area contributed by atoms with E-state index in [9.17, 15) is 4.79 Å². The highest BCUT2D eigenvalue weighted by Crippen LogP contribution is 2.14. The van der Waals surface area contributed by atoms with E-state index in [1.165, 1.54) is 0 Å². The lowest BCUT2D eigenvalue weighted by molar-refractivity contribution is -0.115. The van der Waals surface area contributed by atoms with Gasteiger partial charge in [-0.1, -0.05) is 15.9 Å². The van der Waals surface area contributed by atoms with Gasteiger partial charge in [0.2, 0.25) is 5.91 Å². The zero-order valence-electron chi connectivity index (χ0n) is 10.5. The standard InChI is InChI=1S/C13H17BrN2O2.ClH/c14-10-3-5-11(6-4-10)16-13(17)9-15-8-12-2-1-7-18-12;/h3-6,12,15H,1-2,7-9H2,(H,16,17);1H. The van der Waals surface area contributed by atoms with Crippen molar-refractivity contribution in [1.29, 1.82) is 0 Å². The lowest BCUT2D eigenvalue weighted by Gasteiger charge is -2.10. The number of nitrogens with one attached hydrogen (secondary N) is 2. The Morgan fingerprint density at radius 2 is 2.11 bits per heavy atom. The minimum Gasteiger partial charge on any atom is -0.377 e. The van der Waals surface area contributed by atoms with E-state index >= 15 is 0 Å². The molecule has 1 aliphatic rings. The zero-order valence-corrected chi connectivity index (χ0v) is 12.9. The summed E-state index contributed by atoms with van der Waals surface area (Å²) >= 11 is 3.35. The maximum absolute atomic E-state index is 11.6. The van der Waals surface area contributed by atoms with Crippen LogP contribution >= 0.6 is 28.3 Å². The van der Waals surface area contributed by atoms with Crippen molar-refractivity contribution >= 4 is 39.9 Å². The van der Waals surface area contributed by atoms with Crippen molar-refractivity contribution in [3.05, 3.63) is 28.7 Å². The molecule has 19 heavy (non-hydrogen) atoms. The molecule has 1 aromatic rings. The number of benzene rings is 1. The molecule has 1 amide bonds. The summed E-state index contributed by atoms with van der Waals surface area (Å²) < 4.78 is 6.46. The van der Waals surface area contributed by atoms with Crippen LogP contribution in [0.1, 0.15) is 12.8 Å². The highest BCUT2D eigenvalue weighted by Gasteiger charge is 2.14. The summed E-state index contributed by atoms with van der Waals surface area (Å²) in [5, 5.41) is 5.94. The molecule has 1 saturated heterocycles. The lowest BCUT2D eigenvalue weighted by Crippen LogP contribution is -2.33. The molecule has 0 spiro atoms. The SMILES string of the molecule is Cl.O=C(CNCC1CCCO1)Nc1ccc(Br)cc1. The lowest BCUT2D eigenvalue weighted by atomic mass is 10.2. The number of carbonyl (C=O) groups is 1. The largest absolute Gasteiger partial charge is 0.377 e. The van der Waals surface area contributed by atoms with Crippen LogP contribution in [0.2, 0.25) is 0 Å². The molecule has 106 valence electrons. The fourth-order valence-electron chi connectivity index (χ4n) is 1.89. The van der Waals surface area contributed by atoms with Gasteiger partial charge in [0.05, 0.1) is 12.6 Å². The van der Waals surface area contributed by atoms with Crippen LogP contribution < -0.4 is 10.6 Å². The van der Waals surface area contributed by atoms with E-state index in [0.717, 1.165) is 36.2 Å². The Kier molecular flexibility index (Phi) is 7.38. The molecule has 2 N–H and O–H groups in total. The number of carbonyl (C=O) groups excluding carboxylic acids is 1. The van der Waals surface area contributed by atoms with E-state index in [0.29, 0.717) is 6.54 Å². The maximum atomic E-state index is 11.6. The smallest absolute Gasteiger partial charge is 0.238 e. The molecular weight excluding hydrogens is 332 g/mol. The molecule has 1 atom stereocenters. The van der Waals surface area contributed by atoms with Gasteiger partial charge in [0.25, 0.3) is 0 Å². The number of amides is 1. The number of halogens is 2. The normalized spacial score (nSPS) is 17.8. The maximum Gasteiger partial charge on any atom is 0.238 e. The van der Waals surface area contributed by atoms with Gasteiger partial charge in [-0.25, -0.2) is 0 Å². The van der Waals surface area contributed by atoms with Crippen molar-refractivity contribution in [2.75, 3.05) is 25.0 Å². The Balaban J connectivity index is 0.00000180. The minimum absolute atomic E-state index is 0. The predicted molar refractivity (Wildman–Crippen MR) is 81.9 cm³/mol. The number of rotatable bonds is 5. The molecule has 2 rings (SSSR count). The molecule has 0 aliphatic carbocycles. The van der Waals surface area contributed by atoms with Gasteiger partial charge in [0.15, 0.2) is 0 Å². The van der Waals surface area contributed by atoms with E-state index in [2.05, 4.69) is 26.6 Å². The van der Waals surface area contributed by atoms with Crippen LogP contribution in [-0.4, -0.2) is 31.7 Å². The van der Waals surface area contributed by atoms with Crippen LogP contribution in [0.3, 0.4) is 0 Å². The second-order valence-corrected chi connectivity index (χ2v) is 5.24. The molecule has 1 aromatic carbocycles. The summed E-state index contributed by atoms with van der Waals surface area (Å²) in [6, 6.07) is 7.52. The Hall–Kier alpha value is -0.620. The molecule has 1 fully saturated rings. The topological polar surface area (TPSA) is 50.4 Å². The first-order valence-corrected chi connectivity index (χ1v) is 6.91. The van der Waals surface area contributed by atoms with Crippen LogP contribution in [0.5, 0.6) is 0 Å². The number of hydrogen-bond acceptors (Lipinski definition) is 3. The molecule has 4 nitrogen and oxygen atoms in total. The van der Waals surface area contributed by atoms with E-state index in [4.69, 9.17) is 4.74 Å². The molecule has 0 saturated carbocycles. The van der Waals surface area contributed by atoms with Gasteiger partial charge < -0.3 is 15.4 Å². The quantitative estimate of drug-likeness (QED) is 0.859. The van der Waals surface area contributed by atoms with Gasteiger partial charge in [-0.3, -0.25) is 4.79 Å². The van der Waals surface area contributed by atoms with E-state index in [1.807, 2.05) is 24.3 Å². The van der Waals surface area contributed by atoms with Crippen LogP contribution in [0.15, 0.2) is 28.7 Å². The van der Waals surface area contributed by atoms with Crippen LogP contribution in [-0.2, 0) is 9.53 Å². The average Bonchev–Trinajstić information content (AvgIpc) is 2.85. The Morgan fingerprint density at radius 3 is 2.74 bits per heavy atom. The summed E-state index contributed by atoms with van der Waals surface area (Å²) in [4.78, 5) is 11.6. The van der Waals surface area contributed by atoms with Gasteiger partial charge in [-0.2, -0.15) is 0 Å². The summed E-state index contributed by atoms with van der Waals surface area (Å²) in [6.45, 7) is 1.90. The van der Waals surface area contributed by atoms with Crippen LogP contribution in [0.25, 0.3) is 0 Å². The molecule has 1 unspecified atom stereocenters. The second-order valence-electron chi connectivity index (χ2n) is 4.32. The third kappa shape index (κ3) is 5.91. The Morgan fingerprint density at radius 1 is 1.37 bits per heavy atom. The van der Waals surface area contributed by atoms with Crippen molar-refractivity contribution < 1.29 is 9.53 Å². The summed E-state index contributed by atoms with van der Waals surface area (Å²) in [6.07, 6.45) is 2.48. The highest BCUT2D eigenvalue weighted by atomic mass is 79.9. The molecule has 1 aliphatic heterocycles. The van der Waals surface area contributed by atoms with Crippen molar-refractivity contribution in [2.45, 2.75) is 18.9 Å². The summed E-state index contributed by atoms with van der Waals surface area (Å²) in [5.74, 6) is -0.0321. The first-order chi connectivity index (χ1) is 8.74. The Labute approximate surface area is 127 Å². The van der Waals surface area contributed by atoms with Gasteiger partial charge >= 0.3 is 0 Å². The molecule has 1 heterocycles. The third-order valence-electron chi connectivity index (χ3n) is 2.81. The average molecular weight is 350 g/mol. The van der Waals surface area contributed by atoms with Gasteiger partial charge in [0.1, 0.15) is 0 Å². The van der Waals surface area contributed by atoms with E-state index in [-0.39, 0.29) is 24.4 Å². The zero-order chi connectivity index (χ0) is 12.8. The fourth-order valence-corrected chi connectivity index (χ4v) is 2.15.